The molecule has 3 aromatic heterocycles. The third-order valence-corrected chi connectivity index (χ3v) is 6.14. The quantitative estimate of drug-likeness (QED) is 0.576. The summed E-state index contributed by atoms with van der Waals surface area (Å²) in [5, 5.41) is 7.15. The highest BCUT2D eigenvalue weighted by atomic mass is 19.3. The fourth-order valence-corrected chi connectivity index (χ4v) is 4.13. The summed E-state index contributed by atoms with van der Waals surface area (Å²) < 4.78 is 40.2. The van der Waals surface area contributed by atoms with E-state index in [0.717, 1.165) is 12.5 Å². The van der Waals surface area contributed by atoms with E-state index < -0.39 is 12.0 Å². The standard InChI is InChI=1S/C24H31F2N7O3/c1-4-32-16(2)19-13-17(6-9-27-19)20-14-33-21(28-15-29-33)22(31-20)36-12-11-35-10-7-18(30-23(32)34)5-8-24(3,25)26/h6,9,13-16,18H,4-5,7-8,10-12H2,1-3H3,(H,30,34)/t16-,18+/m1/s1. The van der Waals surface area contributed by atoms with Gasteiger partial charge in [-0.05, 0) is 45.7 Å². The molecule has 12 heteroatoms. The highest BCUT2D eigenvalue weighted by molar-refractivity contribution is 5.75. The number of fused-ring (bicyclic) bond motifs is 7. The molecule has 0 aliphatic carbocycles. The number of carbonyl (C=O) groups excluding carboxylic acids is 1. The molecule has 4 heterocycles. The number of pyridine rings is 1. The molecule has 4 rings (SSSR count). The van der Waals surface area contributed by atoms with Gasteiger partial charge in [-0.15, -0.1) is 0 Å². The van der Waals surface area contributed by atoms with Crippen LogP contribution in [-0.2, 0) is 4.74 Å². The number of carbonyl (C=O) groups is 1. The normalized spacial score (nSPS) is 20.0. The summed E-state index contributed by atoms with van der Waals surface area (Å²) in [6, 6.07) is 2.51. The highest BCUT2D eigenvalue weighted by Crippen LogP contribution is 2.27. The Morgan fingerprint density at radius 2 is 2.08 bits per heavy atom. The minimum atomic E-state index is -2.82. The third kappa shape index (κ3) is 6.23. The van der Waals surface area contributed by atoms with E-state index in [4.69, 9.17) is 9.47 Å². The number of aromatic nitrogens is 5. The first-order valence-corrected chi connectivity index (χ1v) is 12.1. The molecule has 1 aliphatic heterocycles. The van der Waals surface area contributed by atoms with Crippen molar-refractivity contribution in [2.24, 2.45) is 0 Å². The zero-order valence-electron chi connectivity index (χ0n) is 20.7. The van der Waals surface area contributed by atoms with E-state index in [1.807, 2.05) is 26.0 Å². The summed E-state index contributed by atoms with van der Waals surface area (Å²) >= 11 is 0. The molecule has 36 heavy (non-hydrogen) atoms. The molecule has 1 N–H and O–H groups in total. The average Bonchev–Trinajstić information content (AvgIpc) is 3.33. The molecule has 0 aromatic carbocycles. The van der Waals surface area contributed by atoms with Gasteiger partial charge in [0.25, 0.3) is 5.88 Å². The number of rotatable bonds is 4. The molecule has 2 atom stereocenters. The number of urea groups is 1. The fraction of sp³-hybridized carbons (Fsp3) is 0.542. The molecule has 0 fully saturated rings. The second kappa shape index (κ2) is 11.1. The van der Waals surface area contributed by atoms with Gasteiger partial charge < -0.3 is 19.7 Å². The van der Waals surface area contributed by atoms with E-state index in [-0.39, 0.29) is 44.7 Å². The fourth-order valence-electron chi connectivity index (χ4n) is 4.13. The lowest BCUT2D eigenvalue weighted by molar-refractivity contribution is 0.00683. The topological polar surface area (TPSA) is 107 Å². The van der Waals surface area contributed by atoms with Gasteiger partial charge in [-0.3, -0.25) is 4.98 Å². The van der Waals surface area contributed by atoms with Crippen molar-refractivity contribution in [1.82, 2.24) is 34.8 Å². The Labute approximate surface area is 208 Å². The van der Waals surface area contributed by atoms with Gasteiger partial charge in [-0.1, -0.05) is 0 Å². The van der Waals surface area contributed by atoms with Crippen LogP contribution in [0.1, 0.15) is 51.8 Å². The van der Waals surface area contributed by atoms with Gasteiger partial charge in [-0.25, -0.2) is 28.1 Å². The van der Waals surface area contributed by atoms with Crippen LogP contribution in [0, 0.1) is 0 Å². The van der Waals surface area contributed by atoms with Crippen LogP contribution in [0.15, 0.2) is 30.9 Å². The molecule has 0 unspecified atom stereocenters. The Hall–Kier alpha value is -3.41. The minimum absolute atomic E-state index is 0.134. The Morgan fingerprint density at radius 3 is 2.86 bits per heavy atom. The molecule has 2 amide bonds. The van der Waals surface area contributed by atoms with Gasteiger partial charge in [0.1, 0.15) is 12.9 Å². The van der Waals surface area contributed by atoms with Crippen molar-refractivity contribution in [3.05, 3.63) is 36.5 Å². The van der Waals surface area contributed by atoms with Crippen LogP contribution >= 0.6 is 0 Å². The van der Waals surface area contributed by atoms with Crippen molar-refractivity contribution in [2.45, 2.75) is 58.0 Å². The Kier molecular flexibility index (Phi) is 7.92. The van der Waals surface area contributed by atoms with Gasteiger partial charge in [0.05, 0.1) is 30.2 Å². The second-order valence-electron chi connectivity index (χ2n) is 8.90. The second-order valence-corrected chi connectivity index (χ2v) is 8.90. The van der Waals surface area contributed by atoms with Crippen LogP contribution in [0.4, 0.5) is 13.6 Å². The lowest BCUT2D eigenvalue weighted by Gasteiger charge is -2.30. The first-order valence-electron chi connectivity index (χ1n) is 12.1. The van der Waals surface area contributed by atoms with Crippen molar-refractivity contribution in [3.8, 4) is 17.1 Å². The summed E-state index contributed by atoms with van der Waals surface area (Å²) in [5.74, 6) is -2.50. The lowest BCUT2D eigenvalue weighted by Crippen LogP contribution is -2.46. The molecule has 0 saturated heterocycles. The molecule has 0 saturated carbocycles. The van der Waals surface area contributed by atoms with Crippen LogP contribution in [0.5, 0.6) is 5.88 Å². The Bertz CT molecular complexity index is 1180. The van der Waals surface area contributed by atoms with Gasteiger partial charge in [-0.2, -0.15) is 5.10 Å². The van der Waals surface area contributed by atoms with Crippen molar-refractivity contribution in [2.75, 3.05) is 26.4 Å². The van der Waals surface area contributed by atoms with Crippen molar-refractivity contribution >= 4 is 11.7 Å². The maximum atomic E-state index is 13.5. The maximum absolute atomic E-state index is 13.5. The molecular formula is C24H31F2N7O3. The molecule has 0 radical (unpaired) electrons. The zero-order chi connectivity index (χ0) is 25.7. The predicted molar refractivity (Wildman–Crippen MR) is 128 cm³/mol. The lowest BCUT2D eigenvalue weighted by atomic mass is 10.1. The van der Waals surface area contributed by atoms with Crippen LogP contribution in [0.25, 0.3) is 16.9 Å². The number of hydrogen-bond donors (Lipinski definition) is 1. The number of amides is 2. The van der Waals surface area contributed by atoms with E-state index >= 15 is 0 Å². The molecule has 3 aromatic rings. The first-order chi connectivity index (χ1) is 17.2. The first kappa shape index (κ1) is 25.7. The van der Waals surface area contributed by atoms with Crippen LogP contribution in [0.2, 0.25) is 0 Å². The number of nitrogens with one attached hydrogen (secondary N) is 1. The Morgan fingerprint density at radius 1 is 1.25 bits per heavy atom. The van der Waals surface area contributed by atoms with Crippen LogP contribution in [0.3, 0.4) is 0 Å². The third-order valence-electron chi connectivity index (χ3n) is 6.14. The summed E-state index contributed by atoms with van der Waals surface area (Å²) in [6.07, 6.45) is 5.03. The van der Waals surface area contributed by atoms with E-state index in [1.54, 1.807) is 21.8 Å². The molecule has 10 nitrogen and oxygen atoms in total. The smallest absolute Gasteiger partial charge is 0.318 e. The van der Waals surface area contributed by atoms with Gasteiger partial charge in [0.15, 0.2) is 0 Å². The number of halogens is 2. The molecule has 1 aliphatic rings. The van der Waals surface area contributed by atoms with Crippen LogP contribution in [-0.4, -0.2) is 73.8 Å². The van der Waals surface area contributed by atoms with Crippen molar-refractivity contribution in [1.29, 1.82) is 0 Å². The predicted octanol–water partition coefficient (Wildman–Crippen LogP) is 3.88. The van der Waals surface area contributed by atoms with Gasteiger partial charge in [0, 0.05) is 37.4 Å². The molecule has 0 spiro atoms. The summed E-state index contributed by atoms with van der Waals surface area (Å²) in [4.78, 5) is 28.2. The SMILES string of the molecule is CCN1C(=O)N[C@@H](CCC(C)(F)F)CCOCCOc2nc(cn3ncnc23)-c2ccnc(c2)[C@H]1C. The number of alkyl halides is 2. The molecule has 194 valence electrons. The zero-order valence-corrected chi connectivity index (χ0v) is 20.7. The average molecular weight is 504 g/mol. The van der Waals surface area contributed by atoms with Crippen molar-refractivity contribution in [3.63, 3.8) is 0 Å². The summed E-state index contributed by atoms with van der Waals surface area (Å²) in [7, 11) is 0. The number of hydrogen-bond acceptors (Lipinski definition) is 7. The Balaban J connectivity index is 1.66. The van der Waals surface area contributed by atoms with Gasteiger partial charge in [0.2, 0.25) is 11.6 Å². The molecular weight excluding hydrogens is 472 g/mol. The number of ether oxygens (including phenoxy) is 2. The van der Waals surface area contributed by atoms with Crippen LogP contribution < -0.4 is 10.1 Å². The van der Waals surface area contributed by atoms with E-state index in [9.17, 15) is 13.6 Å². The van der Waals surface area contributed by atoms with E-state index in [2.05, 4.69) is 25.4 Å². The van der Waals surface area contributed by atoms with E-state index in [0.29, 0.717) is 35.9 Å². The number of nitrogens with zero attached hydrogens (tertiary/aromatic N) is 6. The van der Waals surface area contributed by atoms with E-state index in [1.165, 1.54) is 6.33 Å². The maximum Gasteiger partial charge on any atom is 0.318 e. The van der Waals surface area contributed by atoms with Gasteiger partial charge >= 0.3 is 6.03 Å². The van der Waals surface area contributed by atoms with Crippen molar-refractivity contribution < 1.29 is 23.0 Å². The monoisotopic (exact) mass is 503 g/mol. The largest absolute Gasteiger partial charge is 0.473 e. The summed E-state index contributed by atoms with van der Waals surface area (Å²) in [6.45, 7) is 5.79. The highest BCUT2D eigenvalue weighted by Gasteiger charge is 2.27. The minimum Gasteiger partial charge on any atom is -0.473 e. The summed E-state index contributed by atoms with van der Waals surface area (Å²) in [5.41, 5.74) is 2.52. The molecule has 4 bridgehead atoms.